The summed E-state index contributed by atoms with van der Waals surface area (Å²) < 4.78 is 32.4. The molecule has 10 heteroatoms. The Balaban J connectivity index is 1.31. The Bertz CT molecular complexity index is 1860. The van der Waals surface area contributed by atoms with E-state index in [1.807, 2.05) is 30.3 Å². The molecule has 3 heterocycles. The van der Waals surface area contributed by atoms with Crippen molar-refractivity contribution in [3.63, 3.8) is 0 Å². The number of aromatic hydroxyl groups is 1. The highest BCUT2D eigenvalue weighted by Gasteiger charge is 2.38. The molecule has 1 atom stereocenters. The van der Waals surface area contributed by atoms with Crippen molar-refractivity contribution in [1.82, 2.24) is 20.2 Å². The number of H-pyrrole nitrogens is 1. The number of nitrogens with zero attached hydrogens (tertiary/aromatic N) is 2. The fourth-order valence-corrected chi connectivity index (χ4v) is 5.76. The molecule has 5 aromatic rings. The molecule has 0 radical (unpaired) electrons. The van der Waals surface area contributed by atoms with E-state index in [2.05, 4.69) is 20.6 Å². The molecule has 0 spiro atoms. The van der Waals surface area contributed by atoms with Gasteiger partial charge in [-0.05, 0) is 42.0 Å². The molecule has 4 N–H and O–H groups in total. The van der Waals surface area contributed by atoms with Crippen molar-refractivity contribution >= 4 is 23.2 Å². The lowest BCUT2D eigenvalue weighted by Gasteiger charge is -2.24. The Morgan fingerprint density at radius 3 is 2.46 bits per heavy atom. The zero-order chi connectivity index (χ0) is 32.3. The first-order chi connectivity index (χ1) is 22.2. The number of carbonyl (C=O) groups excluding carboxylic acids is 2. The van der Waals surface area contributed by atoms with E-state index in [0.29, 0.717) is 41.0 Å². The Morgan fingerprint density at radius 1 is 1.02 bits per heavy atom. The number of likely N-dealkylation sites (N-methyl/N-ethyl adjacent to an activating group) is 1. The average Bonchev–Trinajstić information content (AvgIpc) is 3.44. The second-order valence-electron chi connectivity index (χ2n) is 11.4. The van der Waals surface area contributed by atoms with Crippen molar-refractivity contribution in [2.45, 2.75) is 24.7 Å². The van der Waals surface area contributed by atoms with Crippen LogP contribution in [0.1, 0.15) is 50.0 Å². The number of fused-ring (bicyclic) bond motifs is 1. The highest BCUT2D eigenvalue weighted by Crippen LogP contribution is 2.41. The third kappa shape index (κ3) is 6.32. The van der Waals surface area contributed by atoms with Gasteiger partial charge in [-0.25, -0.2) is 0 Å². The lowest BCUT2D eigenvalue weighted by Crippen LogP contribution is -2.34. The van der Waals surface area contributed by atoms with Crippen molar-refractivity contribution < 1.29 is 23.5 Å². The number of para-hydroxylation sites is 2. The molecule has 0 fully saturated rings. The summed E-state index contributed by atoms with van der Waals surface area (Å²) in [5.74, 6) is -5.05. The summed E-state index contributed by atoms with van der Waals surface area (Å²) >= 11 is 0. The average molecular weight is 622 g/mol. The molecule has 0 aliphatic carbocycles. The number of rotatable bonds is 10. The largest absolute Gasteiger partial charge is 0.507 e. The maximum atomic E-state index is 16.2. The number of aromatic amines is 1. The van der Waals surface area contributed by atoms with E-state index < -0.39 is 29.9 Å². The number of nitrogens with one attached hydrogen (secondary N) is 3. The Labute approximate surface area is 265 Å². The van der Waals surface area contributed by atoms with E-state index in [-0.39, 0.29) is 23.8 Å². The number of phenols is 1. The van der Waals surface area contributed by atoms with E-state index in [9.17, 15) is 14.7 Å². The molecule has 8 nitrogen and oxygen atoms in total. The molecule has 1 aliphatic rings. The zero-order valence-electron chi connectivity index (χ0n) is 25.1. The Kier molecular flexibility index (Phi) is 8.52. The summed E-state index contributed by atoms with van der Waals surface area (Å²) in [5, 5.41) is 16.1. The number of halogens is 2. The topological polar surface area (TPSA) is 110 Å². The van der Waals surface area contributed by atoms with Gasteiger partial charge in [-0.3, -0.25) is 14.6 Å². The maximum absolute atomic E-state index is 16.2. The summed E-state index contributed by atoms with van der Waals surface area (Å²) in [4.78, 5) is 35.1. The zero-order valence-corrected chi connectivity index (χ0v) is 25.1. The van der Waals surface area contributed by atoms with Crippen LogP contribution in [0.25, 0.3) is 11.3 Å². The Hall–Kier alpha value is -5.51. The van der Waals surface area contributed by atoms with Crippen LogP contribution in [0.15, 0.2) is 103 Å². The van der Waals surface area contributed by atoms with Crippen LogP contribution in [-0.4, -0.2) is 51.9 Å². The maximum Gasteiger partial charge on any atom is 0.290 e. The highest BCUT2D eigenvalue weighted by atomic mass is 19.3. The summed E-state index contributed by atoms with van der Waals surface area (Å²) in [5.41, 5.74) is 3.74. The van der Waals surface area contributed by atoms with E-state index in [1.165, 1.54) is 24.4 Å². The fourth-order valence-electron chi connectivity index (χ4n) is 5.76. The summed E-state index contributed by atoms with van der Waals surface area (Å²) in [6, 6.07) is 27.2. The van der Waals surface area contributed by atoms with Gasteiger partial charge in [0.05, 0.1) is 22.5 Å². The smallest absolute Gasteiger partial charge is 0.290 e. The molecular formula is C36H33F2N5O3. The number of amides is 2. The van der Waals surface area contributed by atoms with Crippen LogP contribution in [0.3, 0.4) is 0 Å². The molecule has 2 amide bonds. The van der Waals surface area contributed by atoms with Crippen LogP contribution >= 0.6 is 0 Å². The number of carbonyl (C=O) groups is 2. The lowest BCUT2D eigenvalue weighted by atomic mass is 9.90. The number of benzene rings is 3. The Morgan fingerprint density at radius 2 is 1.72 bits per heavy atom. The molecular weight excluding hydrogens is 588 g/mol. The first-order valence-electron chi connectivity index (χ1n) is 15.0. The monoisotopic (exact) mass is 621 g/mol. The standard InChI is InChI=1S/C36H33F2N5O3/c1-43-19-17-28-31(35(43)46)33(41-26-12-6-3-7-13-26)32(42-28)24-16-18-39-30(20-24)36(37,38)21-25(23-10-4-2-5-11-23)22-40-34(45)27-14-8-9-15-29(27)44/h2-16,18,20,25,41-42,44H,17,19,21-22H2,1H3,(H,40,45). The minimum absolute atomic E-state index is 0.0636. The van der Waals surface area contributed by atoms with Gasteiger partial charge in [0, 0.05) is 62.0 Å². The van der Waals surface area contributed by atoms with E-state index in [4.69, 9.17) is 0 Å². The molecule has 1 aliphatic heterocycles. The van der Waals surface area contributed by atoms with Crippen LogP contribution < -0.4 is 10.6 Å². The lowest BCUT2D eigenvalue weighted by molar-refractivity contribution is -0.0245. The predicted octanol–water partition coefficient (Wildman–Crippen LogP) is 6.85. The van der Waals surface area contributed by atoms with Crippen LogP contribution in [0.2, 0.25) is 0 Å². The van der Waals surface area contributed by atoms with Crippen LogP contribution in [0.5, 0.6) is 5.75 Å². The first-order valence-corrected chi connectivity index (χ1v) is 15.0. The van der Waals surface area contributed by atoms with Gasteiger partial charge in [0.25, 0.3) is 17.7 Å². The SMILES string of the molecule is CN1CCc2[nH]c(-c3ccnc(C(F)(F)CC(CNC(=O)c4ccccc4O)c4ccccc4)c3)c(Nc3ccccc3)c2C1=O. The van der Waals surface area contributed by atoms with Gasteiger partial charge >= 0.3 is 0 Å². The van der Waals surface area contributed by atoms with E-state index in [0.717, 1.165) is 11.4 Å². The molecule has 1 unspecified atom stereocenters. The third-order valence-corrected chi connectivity index (χ3v) is 8.23. The van der Waals surface area contributed by atoms with Crippen molar-refractivity contribution in [2.24, 2.45) is 0 Å². The number of hydrogen-bond donors (Lipinski definition) is 4. The number of hydrogen-bond acceptors (Lipinski definition) is 5. The highest BCUT2D eigenvalue weighted by molar-refractivity contribution is 6.06. The van der Waals surface area contributed by atoms with Gasteiger partial charge < -0.3 is 25.6 Å². The number of anilines is 2. The molecule has 6 rings (SSSR count). The summed E-state index contributed by atoms with van der Waals surface area (Å²) in [6.07, 6.45) is 1.31. The molecule has 3 aromatic carbocycles. The van der Waals surface area contributed by atoms with Crippen molar-refractivity contribution in [3.05, 3.63) is 131 Å². The van der Waals surface area contributed by atoms with Gasteiger partial charge in [-0.15, -0.1) is 0 Å². The molecule has 0 bridgehead atoms. The second kappa shape index (κ2) is 12.8. The number of aromatic nitrogens is 2. The van der Waals surface area contributed by atoms with E-state index >= 15 is 8.78 Å². The quantitative estimate of drug-likeness (QED) is 0.136. The summed E-state index contributed by atoms with van der Waals surface area (Å²) in [7, 11) is 1.74. The first kappa shape index (κ1) is 30.5. The number of pyridine rings is 1. The second-order valence-corrected chi connectivity index (χ2v) is 11.4. The molecule has 2 aromatic heterocycles. The van der Waals surface area contributed by atoms with Gasteiger partial charge in [-0.1, -0.05) is 60.7 Å². The normalized spacial score (nSPS) is 13.6. The van der Waals surface area contributed by atoms with Gasteiger partial charge in [-0.2, -0.15) is 8.78 Å². The van der Waals surface area contributed by atoms with Crippen molar-refractivity contribution in [3.8, 4) is 17.0 Å². The summed E-state index contributed by atoms with van der Waals surface area (Å²) in [6.45, 7) is 0.452. The minimum Gasteiger partial charge on any atom is -0.507 e. The predicted molar refractivity (Wildman–Crippen MR) is 173 cm³/mol. The minimum atomic E-state index is -3.38. The van der Waals surface area contributed by atoms with Gasteiger partial charge in [0.1, 0.15) is 11.4 Å². The van der Waals surface area contributed by atoms with E-state index in [1.54, 1.807) is 60.5 Å². The van der Waals surface area contributed by atoms with Crippen LogP contribution in [0, 0.1) is 0 Å². The van der Waals surface area contributed by atoms with Gasteiger partial charge in [0.15, 0.2) is 0 Å². The number of phenolic OH excluding ortho intramolecular Hbond substituents is 1. The van der Waals surface area contributed by atoms with Gasteiger partial charge in [0.2, 0.25) is 0 Å². The van der Waals surface area contributed by atoms with Crippen LogP contribution in [0.4, 0.5) is 20.2 Å². The van der Waals surface area contributed by atoms with Crippen molar-refractivity contribution in [2.75, 3.05) is 25.5 Å². The van der Waals surface area contributed by atoms with Crippen LogP contribution in [-0.2, 0) is 12.3 Å². The third-order valence-electron chi connectivity index (χ3n) is 8.23. The number of alkyl halides is 2. The fraction of sp³-hybridized carbons (Fsp3) is 0.194. The molecule has 234 valence electrons. The molecule has 0 saturated carbocycles. The molecule has 46 heavy (non-hydrogen) atoms. The van der Waals surface area contributed by atoms with Crippen molar-refractivity contribution in [1.29, 1.82) is 0 Å². The molecule has 0 saturated heterocycles.